The van der Waals surface area contributed by atoms with Crippen molar-refractivity contribution in [3.05, 3.63) is 72.1 Å². The maximum absolute atomic E-state index is 5.75. The highest BCUT2D eigenvalue weighted by Crippen LogP contribution is 2.39. The summed E-state index contributed by atoms with van der Waals surface area (Å²) in [5.41, 5.74) is 1.05. The average Bonchev–Trinajstić information content (AvgIpc) is 3.34. The molecule has 2 aromatic carbocycles. The SMILES string of the molecule is c1ccc(Oc2ccc(OCc3cc(C4CC4)no3)cc2)cc1. The van der Waals surface area contributed by atoms with Crippen LogP contribution in [0.1, 0.15) is 30.2 Å². The first-order valence-corrected chi connectivity index (χ1v) is 7.78. The maximum Gasteiger partial charge on any atom is 0.174 e. The summed E-state index contributed by atoms with van der Waals surface area (Å²) < 4.78 is 16.8. The predicted molar refractivity (Wildman–Crippen MR) is 85.8 cm³/mol. The molecule has 1 aliphatic rings. The van der Waals surface area contributed by atoms with Crippen molar-refractivity contribution in [2.75, 3.05) is 0 Å². The van der Waals surface area contributed by atoms with Gasteiger partial charge >= 0.3 is 0 Å². The molecule has 3 aromatic rings. The molecule has 0 bridgehead atoms. The fraction of sp³-hybridized carbons (Fsp3) is 0.211. The number of benzene rings is 2. The van der Waals surface area contributed by atoms with E-state index in [2.05, 4.69) is 5.16 Å². The minimum atomic E-state index is 0.388. The molecule has 0 unspecified atom stereocenters. The van der Waals surface area contributed by atoms with Crippen molar-refractivity contribution >= 4 is 0 Å². The summed E-state index contributed by atoms with van der Waals surface area (Å²) in [6, 6.07) is 19.2. The van der Waals surface area contributed by atoms with Crippen molar-refractivity contribution in [2.24, 2.45) is 0 Å². The number of hydrogen-bond acceptors (Lipinski definition) is 4. The van der Waals surface area contributed by atoms with E-state index in [0.29, 0.717) is 12.5 Å². The monoisotopic (exact) mass is 307 g/mol. The van der Waals surface area contributed by atoms with Gasteiger partial charge in [0.15, 0.2) is 5.76 Å². The van der Waals surface area contributed by atoms with E-state index in [1.54, 1.807) is 0 Å². The van der Waals surface area contributed by atoms with Gasteiger partial charge in [-0.1, -0.05) is 23.4 Å². The van der Waals surface area contributed by atoms with Crippen molar-refractivity contribution in [2.45, 2.75) is 25.4 Å². The Morgan fingerprint density at radius 1 is 0.913 bits per heavy atom. The second-order valence-corrected chi connectivity index (χ2v) is 5.67. The van der Waals surface area contributed by atoms with Crippen LogP contribution in [-0.4, -0.2) is 5.16 Å². The average molecular weight is 307 g/mol. The number of ether oxygens (including phenoxy) is 2. The van der Waals surface area contributed by atoms with Crippen LogP contribution in [0.25, 0.3) is 0 Å². The zero-order valence-electron chi connectivity index (χ0n) is 12.6. The van der Waals surface area contributed by atoms with Crippen LogP contribution in [0, 0.1) is 0 Å². The fourth-order valence-electron chi connectivity index (χ4n) is 2.35. The number of nitrogens with zero attached hydrogens (tertiary/aromatic N) is 1. The topological polar surface area (TPSA) is 44.5 Å². The smallest absolute Gasteiger partial charge is 0.174 e. The van der Waals surface area contributed by atoms with Gasteiger partial charge in [-0.05, 0) is 49.2 Å². The zero-order chi connectivity index (χ0) is 15.5. The van der Waals surface area contributed by atoms with Crippen molar-refractivity contribution in [1.82, 2.24) is 5.16 Å². The Bertz CT molecular complexity index is 761. The summed E-state index contributed by atoms with van der Waals surface area (Å²) in [5.74, 6) is 3.72. The normalized spacial score (nSPS) is 13.7. The zero-order valence-corrected chi connectivity index (χ0v) is 12.6. The molecule has 4 heteroatoms. The van der Waals surface area contributed by atoms with Crippen LogP contribution in [0.15, 0.2) is 65.2 Å². The lowest BCUT2D eigenvalue weighted by atomic mass is 10.3. The van der Waals surface area contributed by atoms with Gasteiger partial charge in [0, 0.05) is 12.0 Å². The number of hydrogen-bond donors (Lipinski definition) is 0. The van der Waals surface area contributed by atoms with Crippen LogP contribution >= 0.6 is 0 Å². The lowest BCUT2D eigenvalue weighted by Gasteiger charge is -2.07. The minimum Gasteiger partial charge on any atom is -0.486 e. The second kappa shape index (κ2) is 6.16. The summed E-state index contributed by atoms with van der Waals surface area (Å²) in [5, 5.41) is 4.08. The molecule has 0 atom stereocenters. The molecule has 0 amide bonds. The third-order valence-corrected chi connectivity index (χ3v) is 3.76. The van der Waals surface area contributed by atoms with E-state index in [1.165, 1.54) is 12.8 Å². The van der Waals surface area contributed by atoms with Crippen molar-refractivity contribution in [1.29, 1.82) is 0 Å². The number of para-hydroxylation sites is 1. The lowest BCUT2D eigenvalue weighted by Crippen LogP contribution is -1.93. The predicted octanol–water partition coefficient (Wildman–Crippen LogP) is 4.92. The van der Waals surface area contributed by atoms with Gasteiger partial charge in [-0.2, -0.15) is 0 Å². The van der Waals surface area contributed by atoms with E-state index in [0.717, 1.165) is 28.7 Å². The van der Waals surface area contributed by atoms with Gasteiger partial charge in [0.25, 0.3) is 0 Å². The summed E-state index contributed by atoms with van der Waals surface area (Å²) in [6.45, 7) is 0.388. The van der Waals surface area contributed by atoms with Crippen LogP contribution < -0.4 is 9.47 Å². The molecule has 1 aromatic heterocycles. The molecule has 1 aliphatic carbocycles. The van der Waals surface area contributed by atoms with Gasteiger partial charge in [0.2, 0.25) is 0 Å². The third kappa shape index (κ3) is 3.54. The largest absolute Gasteiger partial charge is 0.486 e. The highest BCUT2D eigenvalue weighted by atomic mass is 16.5. The van der Waals surface area contributed by atoms with Crippen LogP contribution in [-0.2, 0) is 6.61 Å². The first kappa shape index (κ1) is 13.9. The van der Waals surface area contributed by atoms with E-state index in [-0.39, 0.29) is 0 Å². The minimum absolute atomic E-state index is 0.388. The van der Waals surface area contributed by atoms with Gasteiger partial charge in [0.05, 0.1) is 5.69 Å². The third-order valence-electron chi connectivity index (χ3n) is 3.76. The Hall–Kier alpha value is -2.75. The van der Waals surface area contributed by atoms with Crippen LogP contribution in [0.3, 0.4) is 0 Å². The maximum atomic E-state index is 5.75. The van der Waals surface area contributed by atoms with E-state index in [4.69, 9.17) is 14.0 Å². The quantitative estimate of drug-likeness (QED) is 0.648. The van der Waals surface area contributed by atoms with Crippen molar-refractivity contribution in [3.63, 3.8) is 0 Å². The summed E-state index contributed by atoms with van der Waals surface area (Å²) in [7, 11) is 0. The molecule has 1 fully saturated rings. The van der Waals surface area contributed by atoms with Gasteiger partial charge in [-0.3, -0.25) is 0 Å². The van der Waals surface area contributed by atoms with Gasteiger partial charge in [0.1, 0.15) is 23.9 Å². The number of rotatable bonds is 6. The molecule has 4 nitrogen and oxygen atoms in total. The van der Waals surface area contributed by atoms with E-state index in [9.17, 15) is 0 Å². The Balaban J connectivity index is 1.34. The van der Waals surface area contributed by atoms with Crippen molar-refractivity contribution < 1.29 is 14.0 Å². The van der Waals surface area contributed by atoms with Gasteiger partial charge in [-0.25, -0.2) is 0 Å². The van der Waals surface area contributed by atoms with Crippen LogP contribution in [0.5, 0.6) is 17.2 Å². The standard InChI is InChI=1S/C19H17NO3/c1-2-4-16(5-3-1)22-17-10-8-15(9-11-17)21-13-18-12-19(20-23-18)14-6-7-14/h1-5,8-12,14H,6-7,13H2. The molecular formula is C19H17NO3. The highest BCUT2D eigenvalue weighted by molar-refractivity contribution is 5.35. The van der Waals surface area contributed by atoms with E-state index in [1.807, 2.05) is 60.7 Å². The molecule has 0 N–H and O–H groups in total. The Morgan fingerprint density at radius 3 is 2.35 bits per heavy atom. The molecule has 0 spiro atoms. The number of aromatic nitrogens is 1. The first-order valence-electron chi connectivity index (χ1n) is 7.78. The summed E-state index contributed by atoms with van der Waals surface area (Å²) in [4.78, 5) is 0. The highest BCUT2D eigenvalue weighted by Gasteiger charge is 2.27. The molecule has 1 heterocycles. The summed E-state index contributed by atoms with van der Waals surface area (Å²) in [6.07, 6.45) is 2.44. The van der Waals surface area contributed by atoms with Crippen LogP contribution in [0.4, 0.5) is 0 Å². The Kier molecular flexibility index (Phi) is 3.72. The van der Waals surface area contributed by atoms with Gasteiger partial charge in [-0.15, -0.1) is 0 Å². The molecule has 0 radical (unpaired) electrons. The summed E-state index contributed by atoms with van der Waals surface area (Å²) >= 11 is 0. The first-order chi connectivity index (χ1) is 11.4. The molecule has 116 valence electrons. The molecule has 4 rings (SSSR count). The second-order valence-electron chi connectivity index (χ2n) is 5.67. The molecule has 0 aliphatic heterocycles. The molecule has 0 saturated heterocycles. The molecule has 1 saturated carbocycles. The fourth-order valence-corrected chi connectivity index (χ4v) is 2.35. The van der Waals surface area contributed by atoms with Crippen LogP contribution in [0.2, 0.25) is 0 Å². The van der Waals surface area contributed by atoms with Gasteiger partial charge < -0.3 is 14.0 Å². The van der Waals surface area contributed by atoms with E-state index < -0.39 is 0 Å². The lowest BCUT2D eigenvalue weighted by molar-refractivity contribution is 0.248. The Labute approximate surface area is 134 Å². The Morgan fingerprint density at radius 2 is 1.61 bits per heavy atom. The molecule has 23 heavy (non-hydrogen) atoms. The molecular weight excluding hydrogens is 290 g/mol. The van der Waals surface area contributed by atoms with Crippen molar-refractivity contribution in [3.8, 4) is 17.2 Å². The van der Waals surface area contributed by atoms with E-state index >= 15 is 0 Å².